The Hall–Kier alpha value is -3.26. The van der Waals surface area contributed by atoms with Gasteiger partial charge in [0.15, 0.2) is 0 Å². The molecule has 1 aliphatic rings. The molecule has 1 N–H and O–H groups in total. The number of aromatic nitrogens is 2. The first kappa shape index (κ1) is 22.0. The van der Waals surface area contributed by atoms with Crippen molar-refractivity contribution >= 4 is 28.2 Å². The molecule has 166 valence electrons. The van der Waals surface area contributed by atoms with Crippen molar-refractivity contribution in [2.75, 3.05) is 12.0 Å². The predicted molar refractivity (Wildman–Crippen MR) is 124 cm³/mol. The van der Waals surface area contributed by atoms with E-state index in [-0.39, 0.29) is 17.6 Å². The van der Waals surface area contributed by atoms with E-state index < -0.39 is 11.9 Å². The van der Waals surface area contributed by atoms with Crippen LogP contribution in [0.15, 0.2) is 60.4 Å². The van der Waals surface area contributed by atoms with Crippen LogP contribution in [0.3, 0.4) is 0 Å². The standard InChI is InChI=1S/C24H26N4O3S/c1-31-20-11-6-5-10-18(20)22(23(29)27-17-8-3-2-4-9-17)28(21-12-7-15-32-21)24(30)19-16-25-13-14-26-19/h5-7,10-17,22H,2-4,8-9H2,1H3,(H,27,29)/t22-/m0/s1. The quantitative estimate of drug-likeness (QED) is 0.577. The van der Waals surface area contributed by atoms with Crippen LogP contribution in [-0.4, -0.2) is 34.9 Å². The number of thiophene rings is 1. The molecule has 3 aromatic rings. The first-order valence-electron chi connectivity index (χ1n) is 10.8. The molecule has 0 saturated heterocycles. The maximum atomic E-state index is 13.8. The van der Waals surface area contributed by atoms with Gasteiger partial charge in [0.1, 0.15) is 17.5 Å². The summed E-state index contributed by atoms with van der Waals surface area (Å²) in [6.45, 7) is 0. The minimum atomic E-state index is -0.916. The molecule has 1 aliphatic carbocycles. The van der Waals surface area contributed by atoms with Gasteiger partial charge in [0, 0.05) is 24.0 Å². The van der Waals surface area contributed by atoms with E-state index in [1.165, 1.54) is 41.2 Å². The summed E-state index contributed by atoms with van der Waals surface area (Å²) in [6.07, 6.45) is 9.67. The SMILES string of the molecule is COc1ccccc1[C@@H](C(=O)NC1CCCCC1)N(C(=O)c1cnccn1)c1cccs1. The minimum absolute atomic E-state index is 0.102. The second kappa shape index (κ2) is 10.4. The number of ether oxygens (including phenoxy) is 1. The third-order valence-electron chi connectivity index (χ3n) is 5.64. The van der Waals surface area contributed by atoms with Crippen LogP contribution in [0.1, 0.15) is 54.2 Å². The molecule has 8 heteroatoms. The van der Waals surface area contributed by atoms with Crippen molar-refractivity contribution in [3.63, 3.8) is 0 Å². The van der Waals surface area contributed by atoms with Crippen LogP contribution in [0.25, 0.3) is 0 Å². The zero-order valence-electron chi connectivity index (χ0n) is 17.9. The largest absolute Gasteiger partial charge is 0.496 e. The lowest BCUT2D eigenvalue weighted by Gasteiger charge is -2.33. The minimum Gasteiger partial charge on any atom is -0.496 e. The van der Waals surface area contributed by atoms with E-state index in [2.05, 4.69) is 15.3 Å². The van der Waals surface area contributed by atoms with E-state index in [0.717, 1.165) is 25.7 Å². The molecule has 0 bridgehead atoms. The van der Waals surface area contributed by atoms with E-state index >= 15 is 0 Å². The van der Waals surface area contributed by atoms with Gasteiger partial charge < -0.3 is 10.1 Å². The van der Waals surface area contributed by atoms with Gasteiger partial charge in [-0.05, 0) is 36.4 Å². The summed E-state index contributed by atoms with van der Waals surface area (Å²) in [4.78, 5) is 37.2. The maximum absolute atomic E-state index is 13.8. The van der Waals surface area contributed by atoms with E-state index in [0.29, 0.717) is 16.3 Å². The number of anilines is 1. The molecule has 0 unspecified atom stereocenters. The monoisotopic (exact) mass is 450 g/mol. The molecular formula is C24H26N4O3S. The number of rotatable bonds is 7. The first-order valence-corrected chi connectivity index (χ1v) is 11.6. The van der Waals surface area contributed by atoms with Crippen LogP contribution in [0.2, 0.25) is 0 Å². The van der Waals surface area contributed by atoms with E-state index in [1.54, 1.807) is 13.2 Å². The molecule has 0 aliphatic heterocycles. The summed E-state index contributed by atoms with van der Waals surface area (Å²) in [7, 11) is 1.56. The summed E-state index contributed by atoms with van der Waals surface area (Å²) >= 11 is 1.39. The summed E-state index contributed by atoms with van der Waals surface area (Å²) in [5.74, 6) is -0.0768. The van der Waals surface area contributed by atoms with Crippen molar-refractivity contribution in [2.24, 2.45) is 0 Å². The molecule has 2 heterocycles. The molecule has 1 atom stereocenters. The van der Waals surface area contributed by atoms with Gasteiger partial charge in [-0.3, -0.25) is 19.5 Å². The van der Waals surface area contributed by atoms with Crippen molar-refractivity contribution in [1.29, 1.82) is 0 Å². The highest BCUT2D eigenvalue weighted by Crippen LogP contribution is 2.36. The van der Waals surface area contributed by atoms with Crippen LogP contribution < -0.4 is 15.0 Å². The summed E-state index contributed by atoms with van der Waals surface area (Å²) < 4.78 is 5.58. The highest BCUT2D eigenvalue weighted by Gasteiger charge is 2.37. The number of methoxy groups -OCH3 is 1. The summed E-state index contributed by atoms with van der Waals surface area (Å²) in [6, 6.07) is 10.2. The lowest BCUT2D eigenvalue weighted by Crippen LogP contribution is -2.47. The van der Waals surface area contributed by atoms with Crippen LogP contribution in [0, 0.1) is 0 Å². The number of para-hydroxylation sites is 1. The number of amides is 2. The van der Waals surface area contributed by atoms with Gasteiger partial charge >= 0.3 is 0 Å². The Bertz CT molecular complexity index is 1040. The van der Waals surface area contributed by atoms with E-state index in [9.17, 15) is 9.59 Å². The lowest BCUT2D eigenvalue weighted by atomic mass is 9.94. The lowest BCUT2D eigenvalue weighted by molar-refractivity contribution is -0.123. The van der Waals surface area contributed by atoms with Gasteiger partial charge in [0.25, 0.3) is 5.91 Å². The zero-order valence-corrected chi connectivity index (χ0v) is 18.8. The number of carbonyl (C=O) groups is 2. The smallest absolute Gasteiger partial charge is 0.280 e. The predicted octanol–water partition coefficient (Wildman–Crippen LogP) is 4.38. The average molecular weight is 451 g/mol. The maximum Gasteiger partial charge on any atom is 0.280 e. The molecule has 1 aromatic carbocycles. The number of carbonyl (C=O) groups excluding carboxylic acids is 2. The Labute approximate surface area is 191 Å². The molecule has 2 aromatic heterocycles. The molecule has 1 saturated carbocycles. The third-order valence-corrected chi connectivity index (χ3v) is 6.50. The first-order chi connectivity index (χ1) is 15.7. The van der Waals surface area contributed by atoms with Crippen molar-refractivity contribution in [1.82, 2.24) is 15.3 Å². The Balaban J connectivity index is 1.79. The van der Waals surface area contributed by atoms with Gasteiger partial charge in [-0.1, -0.05) is 37.5 Å². The number of nitrogens with zero attached hydrogens (tertiary/aromatic N) is 3. The summed E-state index contributed by atoms with van der Waals surface area (Å²) in [5, 5.41) is 5.73. The van der Waals surface area contributed by atoms with Crippen LogP contribution >= 0.6 is 11.3 Å². The molecule has 4 rings (SSSR count). The zero-order chi connectivity index (χ0) is 22.3. The van der Waals surface area contributed by atoms with E-state index in [4.69, 9.17) is 4.74 Å². The number of nitrogens with one attached hydrogen (secondary N) is 1. The molecule has 0 radical (unpaired) electrons. The van der Waals surface area contributed by atoms with Crippen molar-refractivity contribution < 1.29 is 14.3 Å². The van der Waals surface area contributed by atoms with Gasteiger partial charge in [0.05, 0.1) is 18.3 Å². The average Bonchev–Trinajstić information content (AvgIpc) is 3.37. The fourth-order valence-electron chi connectivity index (χ4n) is 4.10. The molecule has 0 spiro atoms. The Morgan fingerprint density at radius 2 is 1.94 bits per heavy atom. The van der Waals surface area contributed by atoms with Crippen molar-refractivity contribution in [2.45, 2.75) is 44.2 Å². The van der Waals surface area contributed by atoms with Gasteiger partial charge in [0.2, 0.25) is 5.91 Å². The highest BCUT2D eigenvalue weighted by atomic mass is 32.1. The van der Waals surface area contributed by atoms with Crippen LogP contribution in [0.4, 0.5) is 5.00 Å². The number of benzene rings is 1. The molecule has 1 fully saturated rings. The highest BCUT2D eigenvalue weighted by molar-refractivity contribution is 7.14. The van der Waals surface area contributed by atoms with Gasteiger partial charge in [-0.15, -0.1) is 11.3 Å². The fraction of sp³-hybridized carbons (Fsp3) is 0.333. The second-order valence-electron chi connectivity index (χ2n) is 7.71. The van der Waals surface area contributed by atoms with Gasteiger partial charge in [-0.2, -0.15) is 0 Å². The van der Waals surface area contributed by atoms with Crippen LogP contribution in [-0.2, 0) is 4.79 Å². The Morgan fingerprint density at radius 3 is 2.62 bits per heavy atom. The van der Waals surface area contributed by atoms with Gasteiger partial charge in [-0.25, -0.2) is 4.98 Å². The van der Waals surface area contributed by atoms with E-state index in [1.807, 2.05) is 35.7 Å². The van der Waals surface area contributed by atoms with Crippen molar-refractivity contribution in [3.05, 3.63) is 71.6 Å². The number of hydrogen-bond donors (Lipinski definition) is 1. The normalized spacial score (nSPS) is 15.0. The van der Waals surface area contributed by atoms with Crippen molar-refractivity contribution in [3.8, 4) is 5.75 Å². The van der Waals surface area contributed by atoms with Crippen LogP contribution in [0.5, 0.6) is 5.75 Å². The molecule has 2 amide bonds. The third kappa shape index (κ3) is 4.80. The molecule has 32 heavy (non-hydrogen) atoms. The topological polar surface area (TPSA) is 84.4 Å². The second-order valence-corrected chi connectivity index (χ2v) is 8.63. The number of hydrogen-bond acceptors (Lipinski definition) is 6. The Morgan fingerprint density at radius 1 is 1.12 bits per heavy atom. The summed E-state index contributed by atoms with van der Waals surface area (Å²) in [5.41, 5.74) is 0.792. The molecular weight excluding hydrogens is 424 g/mol. The molecule has 7 nitrogen and oxygen atoms in total. The fourth-order valence-corrected chi connectivity index (χ4v) is 4.86. The Kier molecular flexibility index (Phi) is 7.11.